The second-order valence-corrected chi connectivity index (χ2v) is 4.43. The molecule has 0 aromatic rings. The van der Waals surface area contributed by atoms with Crippen LogP contribution in [0.3, 0.4) is 0 Å². The zero-order chi connectivity index (χ0) is 9.31. The first-order valence-electron chi connectivity index (χ1n) is 5.07. The van der Waals surface area contributed by atoms with Crippen LogP contribution in [0.5, 0.6) is 0 Å². The van der Waals surface area contributed by atoms with Gasteiger partial charge in [0.1, 0.15) is 0 Å². The largest absolute Gasteiger partial charge is 0.396 e. The zero-order valence-electron chi connectivity index (χ0n) is 8.00. The lowest BCUT2D eigenvalue weighted by Crippen LogP contribution is -2.35. The van der Waals surface area contributed by atoms with Crippen molar-refractivity contribution in [2.24, 2.45) is 11.3 Å². The molecule has 2 nitrogen and oxygen atoms in total. The number of likely N-dealkylation sites (tertiary alicyclic amines) is 1. The molecule has 1 aliphatic heterocycles. The summed E-state index contributed by atoms with van der Waals surface area (Å²) in [5.41, 5.74) is 0.514. The fraction of sp³-hybridized carbons (Fsp3) is 0.818. The van der Waals surface area contributed by atoms with Crippen LogP contribution < -0.4 is 0 Å². The van der Waals surface area contributed by atoms with Gasteiger partial charge >= 0.3 is 0 Å². The van der Waals surface area contributed by atoms with E-state index in [1.165, 1.54) is 19.3 Å². The molecule has 2 rings (SSSR count). The highest BCUT2D eigenvalue weighted by Gasteiger charge is 2.53. The summed E-state index contributed by atoms with van der Waals surface area (Å²) in [7, 11) is 0. The molecule has 2 fully saturated rings. The number of piperidine rings is 1. The van der Waals surface area contributed by atoms with Crippen LogP contribution in [-0.4, -0.2) is 36.2 Å². The summed E-state index contributed by atoms with van der Waals surface area (Å²) in [4.78, 5) is 2.33. The zero-order valence-corrected chi connectivity index (χ0v) is 8.00. The molecule has 1 spiro atoms. The predicted molar refractivity (Wildman–Crippen MR) is 52.1 cm³/mol. The number of hydrogen-bond donors (Lipinski definition) is 1. The average molecular weight is 179 g/mol. The van der Waals surface area contributed by atoms with Gasteiger partial charge < -0.3 is 5.11 Å². The van der Waals surface area contributed by atoms with E-state index in [2.05, 4.69) is 10.8 Å². The minimum atomic E-state index is 0.384. The standard InChI is InChI=1S/C11H17NO/c1-2-5-12-6-3-11(4-7-12)8-10(11)9-13/h1,10,13H,3-9H2. The number of aliphatic hydroxyl groups excluding tert-OH is 1. The second-order valence-electron chi connectivity index (χ2n) is 4.43. The van der Waals surface area contributed by atoms with Crippen LogP contribution in [0.4, 0.5) is 0 Å². The number of aliphatic hydroxyl groups is 1. The van der Waals surface area contributed by atoms with Gasteiger partial charge in [0.2, 0.25) is 0 Å². The third-order valence-corrected chi connectivity index (χ3v) is 3.75. The van der Waals surface area contributed by atoms with Crippen molar-refractivity contribution >= 4 is 0 Å². The van der Waals surface area contributed by atoms with E-state index in [0.717, 1.165) is 19.6 Å². The monoisotopic (exact) mass is 179 g/mol. The summed E-state index contributed by atoms with van der Waals surface area (Å²) in [5, 5.41) is 9.05. The maximum absolute atomic E-state index is 9.05. The molecule has 0 bridgehead atoms. The van der Waals surface area contributed by atoms with Gasteiger partial charge in [-0.15, -0.1) is 6.42 Å². The van der Waals surface area contributed by atoms with Gasteiger partial charge in [0, 0.05) is 6.61 Å². The molecule has 13 heavy (non-hydrogen) atoms. The predicted octanol–water partition coefficient (Wildman–Crippen LogP) is 0.714. The van der Waals surface area contributed by atoms with Crippen LogP contribution in [0, 0.1) is 23.7 Å². The fourth-order valence-electron chi connectivity index (χ4n) is 2.59. The van der Waals surface area contributed by atoms with E-state index in [1.54, 1.807) is 0 Å². The highest BCUT2D eigenvalue weighted by atomic mass is 16.3. The second kappa shape index (κ2) is 3.32. The van der Waals surface area contributed by atoms with Gasteiger partial charge in [-0.3, -0.25) is 4.90 Å². The molecule has 1 unspecified atom stereocenters. The Balaban J connectivity index is 1.81. The maximum Gasteiger partial charge on any atom is 0.0598 e. The molecule has 2 heteroatoms. The molecule has 0 radical (unpaired) electrons. The van der Waals surface area contributed by atoms with Crippen LogP contribution in [0.15, 0.2) is 0 Å². The molecule has 2 aliphatic rings. The maximum atomic E-state index is 9.05. The molecular weight excluding hydrogens is 162 g/mol. The van der Waals surface area contributed by atoms with Crippen molar-refractivity contribution in [1.29, 1.82) is 0 Å². The van der Waals surface area contributed by atoms with Gasteiger partial charge in [-0.2, -0.15) is 0 Å². The molecule has 1 saturated heterocycles. The van der Waals surface area contributed by atoms with Gasteiger partial charge in [-0.1, -0.05) is 5.92 Å². The molecule has 1 N–H and O–H groups in total. The van der Waals surface area contributed by atoms with E-state index in [0.29, 0.717) is 17.9 Å². The van der Waals surface area contributed by atoms with Gasteiger partial charge in [-0.05, 0) is 43.7 Å². The van der Waals surface area contributed by atoms with Crippen molar-refractivity contribution in [3.05, 3.63) is 0 Å². The molecule has 72 valence electrons. The lowest BCUT2D eigenvalue weighted by atomic mass is 9.91. The summed E-state index contributed by atoms with van der Waals surface area (Å²) in [6, 6.07) is 0. The minimum Gasteiger partial charge on any atom is -0.396 e. The topological polar surface area (TPSA) is 23.5 Å². The molecule has 0 aromatic carbocycles. The van der Waals surface area contributed by atoms with Crippen molar-refractivity contribution in [3.63, 3.8) is 0 Å². The van der Waals surface area contributed by atoms with E-state index >= 15 is 0 Å². The van der Waals surface area contributed by atoms with Gasteiger partial charge in [0.25, 0.3) is 0 Å². The van der Waals surface area contributed by atoms with Gasteiger partial charge in [-0.25, -0.2) is 0 Å². The normalized spacial score (nSPS) is 31.5. The van der Waals surface area contributed by atoms with Crippen molar-refractivity contribution in [2.75, 3.05) is 26.2 Å². The highest BCUT2D eigenvalue weighted by molar-refractivity contribution is 5.05. The molecular formula is C11H17NO. The quantitative estimate of drug-likeness (QED) is 0.631. The number of rotatable bonds is 2. The fourth-order valence-corrected chi connectivity index (χ4v) is 2.59. The van der Waals surface area contributed by atoms with E-state index in [-0.39, 0.29) is 0 Å². The van der Waals surface area contributed by atoms with Crippen LogP contribution in [0.2, 0.25) is 0 Å². The Morgan fingerprint density at radius 3 is 2.62 bits per heavy atom. The van der Waals surface area contributed by atoms with E-state index in [1.807, 2.05) is 0 Å². The van der Waals surface area contributed by atoms with Crippen LogP contribution in [0.25, 0.3) is 0 Å². The van der Waals surface area contributed by atoms with Crippen molar-refractivity contribution < 1.29 is 5.11 Å². The van der Waals surface area contributed by atoms with E-state index in [4.69, 9.17) is 11.5 Å². The first-order chi connectivity index (χ1) is 6.30. The summed E-state index contributed by atoms with van der Waals surface area (Å²) in [6.45, 7) is 3.43. The summed E-state index contributed by atoms with van der Waals surface area (Å²) < 4.78 is 0. The third-order valence-electron chi connectivity index (χ3n) is 3.75. The Bertz CT molecular complexity index is 223. The number of hydrogen-bond acceptors (Lipinski definition) is 2. The third kappa shape index (κ3) is 1.59. The summed E-state index contributed by atoms with van der Waals surface area (Å²) in [5.74, 6) is 3.28. The van der Waals surface area contributed by atoms with E-state index in [9.17, 15) is 0 Å². The first-order valence-corrected chi connectivity index (χ1v) is 5.07. The van der Waals surface area contributed by atoms with Crippen LogP contribution in [0.1, 0.15) is 19.3 Å². The van der Waals surface area contributed by atoms with Gasteiger partial charge in [0.05, 0.1) is 6.54 Å². The van der Waals surface area contributed by atoms with Crippen molar-refractivity contribution in [1.82, 2.24) is 4.90 Å². The number of terminal acetylenes is 1. The number of nitrogens with zero attached hydrogens (tertiary/aromatic N) is 1. The summed E-state index contributed by atoms with van der Waals surface area (Å²) in [6.07, 6.45) is 8.98. The smallest absolute Gasteiger partial charge is 0.0598 e. The average Bonchev–Trinajstić information content (AvgIpc) is 2.84. The lowest BCUT2D eigenvalue weighted by molar-refractivity contribution is 0.160. The Morgan fingerprint density at radius 2 is 2.15 bits per heavy atom. The van der Waals surface area contributed by atoms with Crippen molar-refractivity contribution in [3.8, 4) is 12.3 Å². The Kier molecular flexibility index (Phi) is 2.31. The highest BCUT2D eigenvalue weighted by Crippen LogP contribution is 2.58. The molecule has 1 atom stereocenters. The molecule has 0 amide bonds. The molecule has 1 aliphatic carbocycles. The van der Waals surface area contributed by atoms with Crippen LogP contribution in [-0.2, 0) is 0 Å². The SMILES string of the molecule is C#CCN1CCC2(CC1)CC2CO. The Morgan fingerprint density at radius 1 is 1.46 bits per heavy atom. The minimum absolute atomic E-state index is 0.384. The summed E-state index contributed by atoms with van der Waals surface area (Å²) >= 11 is 0. The lowest BCUT2D eigenvalue weighted by Gasteiger charge is -2.31. The molecule has 1 heterocycles. The van der Waals surface area contributed by atoms with Gasteiger partial charge in [0.15, 0.2) is 0 Å². The Hall–Kier alpha value is -0.520. The molecule has 1 saturated carbocycles. The van der Waals surface area contributed by atoms with E-state index < -0.39 is 0 Å². The molecule has 0 aromatic heterocycles. The van der Waals surface area contributed by atoms with Crippen molar-refractivity contribution in [2.45, 2.75) is 19.3 Å². The first kappa shape index (κ1) is 9.05. The van der Waals surface area contributed by atoms with Crippen LogP contribution >= 0.6 is 0 Å². The Labute approximate surface area is 79.9 Å².